The highest BCUT2D eigenvalue weighted by Crippen LogP contribution is 2.21. The molecule has 0 bridgehead atoms. The molecule has 0 saturated carbocycles. The molecule has 0 heterocycles. The Morgan fingerprint density at radius 1 is 1.29 bits per heavy atom. The Kier molecular flexibility index (Phi) is 4.48. The maximum Gasteiger partial charge on any atom is 0.253 e. The number of carbonyl (C=O) groups is 1. The number of hydrogen-bond acceptors (Lipinski definition) is 2. The maximum absolute atomic E-state index is 13.6. The zero-order chi connectivity index (χ0) is 15.6. The summed E-state index contributed by atoms with van der Waals surface area (Å²) >= 11 is 5.99. The molecule has 2 rings (SSSR count). The lowest BCUT2D eigenvalue weighted by Crippen LogP contribution is -2.27. The molecule has 21 heavy (non-hydrogen) atoms. The Bertz CT molecular complexity index is 688. The number of nitrogens with one attached hydrogen (secondary N) is 1. The molecular weight excluding hydrogens is 291 g/mol. The number of halogens is 2. The predicted molar refractivity (Wildman–Crippen MR) is 82.9 cm³/mol. The van der Waals surface area contributed by atoms with Gasteiger partial charge in [0.15, 0.2) is 0 Å². The number of nitrogens with two attached hydrogens (primary N) is 1. The Morgan fingerprint density at radius 3 is 2.67 bits per heavy atom. The van der Waals surface area contributed by atoms with Gasteiger partial charge in [-0.2, -0.15) is 0 Å². The number of amides is 1. The quantitative estimate of drug-likeness (QED) is 0.846. The van der Waals surface area contributed by atoms with Crippen molar-refractivity contribution in [2.75, 3.05) is 5.73 Å². The lowest BCUT2D eigenvalue weighted by molar-refractivity contribution is 0.0940. The van der Waals surface area contributed by atoms with Crippen LogP contribution in [0.1, 0.15) is 34.5 Å². The van der Waals surface area contributed by atoms with Gasteiger partial charge in [-0.3, -0.25) is 4.79 Å². The molecule has 0 saturated heterocycles. The van der Waals surface area contributed by atoms with Crippen molar-refractivity contribution < 1.29 is 9.18 Å². The summed E-state index contributed by atoms with van der Waals surface area (Å²) in [7, 11) is 0. The van der Waals surface area contributed by atoms with E-state index in [2.05, 4.69) is 5.32 Å². The van der Waals surface area contributed by atoms with Gasteiger partial charge in [0.05, 0.1) is 16.6 Å². The second kappa shape index (κ2) is 6.14. The number of anilines is 1. The van der Waals surface area contributed by atoms with Gasteiger partial charge in [0.25, 0.3) is 5.91 Å². The summed E-state index contributed by atoms with van der Waals surface area (Å²) in [5, 5.41) is 3.10. The zero-order valence-corrected chi connectivity index (χ0v) is 12.5. The van der Waals surface area contributed by atoms with Gasteiger partial charge >= 0.3 is 0 Å². The van der Waals surface area contributed by atoms with E-state index in [0.717, 1.165) is 0 Å². The minimum atomic E-state index is -0.346. The molecule has 0 aliphatic rings. The van der Waals surface area contributed by atoms with Crippen LogP contribution < -0.4 is 11.1 Å². The second-order valence-electron chi connectivity index (χ2n) is 4.94. The highest BCUT2D eigenvalue weighted by atomic mass is 35.5. The lowest BCUT2D eigenvalue weighted by atomic mass is 10.1. The largest absolute Gasteiger partial charge is 0.399 e. The Hall–Kier alpha value is -2.07. The summed E-state index contributed by atoms with van der Waals surface area (Å²) in [6.45, 7) is 3.47. The standard InChI is InChI=1S/C16H16ClFN2O/c1-9-3-4-11(7-15(9)18)10(2)20-16(21)13-8-12(19)5-6-14(13)17/h3-8,10H,19H2,1-2H3,(H,20,21). The van der Waals surface area contributed by atoms with E-state index in [1.54, 1.807) is 38.1 Å². The van der Waals surface area contributed by atoms with Gasteiger partial charge in [0.1, 0.15) is 5.82 Å². The molecule has 0 aliphatic carbocycles. The first-order valence-corrected chi connectivity index (χ1v) is 6.88. The molecule has 0 aliphatic heterocycles. The molecule has 0 radical (unpaired) electrons. The van der Waals surface area contributed by atoms with Crippen LogP contribution in [0.15, 0.2) is 36.4 Å². The van der Waals surface area contributed by atoms with Crippen molar-refractivity contribution in [1.82, 2.24) is 5.32 Å². The minimum absolute atomic E-state index is 0.296. The molecule has 2 aromatic carbocycles. The van der Waals surface area contributed by atoms with Gasteiger partial charge < -0.3 is 11.1 Å². The van der Waals surface area contributed by atoms with E-state index >= 15 is 0 Å². The van der Waals surface area contributed by atoms with Crippen molar-refractivity contribution in [2.24, 2.45) is 0 Å². The molecule has 110 valence electrons. The molecule has 1 unspecified atom stereocenters. The van der Waals surface area contributed by atoms with Crippen molar-refractivity contribution in [2.45, 2.75) is 19.9 Å². The first-order valence-electron chi connectivity index (χ1n) is 6.50. The summed E-state index contributed by atoms with van der Waals surface area (Å²) in [6, 6.07) is 9.25. The van der Waals surface area contributed by atoms with Gasteiger partial charge in [0, 0.05) is 5.69 Å². The molecule has 1 atom stereocenters. The van der Waals surface area contributed by atoms with Gasteiger partial charge in [-0.1, -0.05) is 23.7 Å². The predicted octanol–water partition coefficient (Wildman–Crippen LogP) is 3.86. The fourth-order valence-corrected chi connectivity index (χ4v) is 2.16. The SMILES string of the molecule is Cc1ccc(C(C)NC(=O)c2cc(N)ccc2Cl)cc1F. The van der Waals surface area contributed by atoms with E-state index in [-0.39, 0.29) is 17.8 Å². The van der Waals surface area contributed by atoms with Crippen LogP contribution in [0.3, 0.4) is 0 Å². The molecule has 0 spiro atoms. The lowest BCUT2D eigenvalue weighted by Gasteiger charge is -2.16. The fourth-order valence-electron chi connectivity index (χ4n) is 1.95. The van der Waals surface area contributed by atoms with Crippen LogP contribution in [0.4, 0.5) is 10.1 Å². The average molecular weight is 307 g/mol. The van der Waals surface area contributed by atoms with Crippen molar-refractivity contribution in [3.8, 4) is 0 Å². The van der Waals surface area contributed by atoms with Crippen LogP contribution in [0.5, 0.6) is 0 Å². The number of aryl methyl sites for hydroxylation is 1. The summed E-state index contributed by atoms with van der Waals surface area (Å²) in [6.07, 6.45) is 0. The second-order valence-corrected chi connectivity index (χ2v) is 5.35. The molecule has 5 heteroatoms. The Labute approximate surface area is 127 Å². The summed E-state index contributed by atoms with van der Waals surface area (Å²) in [5.74, 6) is -0.642. The Balaban J connectivity index is 2.18. The summed E-state index contributed by atoms with van der Waals surface area (Å²) < 4.78 is 13.6. The number of rotatable bonds is 3. The number of nitrogen functional groups attached to an aromatic ring is 1. The highest BCUT2D eigenvalue weighted by molar-refractivity contribution is 6.34. The normalized spacial score (nSPS) is 12.0. The van der Waals surface area contributed by atoms with Crippen molar-refractivity contribution in [3.63, 3.8) is 0 Å². The van der Waals surface area contributed by atoms with Crippen molar-refractivity contribution in [3.05, 3.63) is 63.9 Å². The third-order valence-corrected chi connectivity index (χ3v) is 3.61. The van der Waals surface area contributed by atoms with Crippen molar-refractivity contribution >= 4 is 23.2 Å². The molecule has 0 fully saturated rings. The van der Waals surface area contributed by atoms with Crippen LogP contribution in [0.25, 0.3) is 0 Å². The summed E-state index contributed by atoms with van der Waals surface area (Å²) in [4.78, 5) is 12.2. The van der Waals surface area contributed by atoms with Crippen LogP contribution >= 0.6 is 11.6 Å². The molecule has 1 amide bonds. The fraction of sp³-hybridized carbons (Fsp3) is 0.188. The molecule has 2 aromatic rings. The third kappa shape index (κ3) is 3.52. The van der Waals surface area contributed by atoms with E-state index < -0.39 is 0 Å². The molecular formula is C16H16ClFN2O. The summed E-state index contributed by atoms with van der Waals surface area (Å²) in [5.41, 5.74) is 7.67. The zero-order valence-electron chi connectivity index (χ0n) is 11.8. The average Bonchev–Trinajstić information content (AvgIpc) is 2.44. The van der Waals surface area contributed by atoms with E-state index in [0.29, 0.717) is 27.4 Å². The number of hydrogen-bond donors (Lipinski definition) is 2. The highest BCUT2D eigenvalue weighted by Gasteiger charge is 2.15. The van der Waals surface area contributed by atoms with Crippen LogP contribution in [-0.2, 0) is 0 Å². The van der Waals surface area contributed by atoms with Crippen molar-refractivity contribution in [1.29, 1.82) is 0 Å². The van der Waals surface area contributed by atoms with Gasteiger partial charge in [0.2, 0.25) is 0 Å². The topological polar surface area (TPSA) is 55.1 Å². The minimum Gasteiger partial charge on any atom is -0.399 e. The maximum atomic E-state index is 13.6. The Morgan fingerprint density at radius 2 is 2.00 bits per heavy atom. The van der Waals surface area contributed by atoms with Gasteiger partial charge in [-0.05, 0) is 49.2 Å². The van der Waals surface area contributed by atoms with E-state index in [4.69, 9.17) is 17.3 Å². The first kappa shape index (κ1) is 15.3. The van der Waals surface area contributed by atoms with E-state index in [1.807, 2.05) is 0 Å². The van der Waals surface area contributed by atoms with E-state index in [1.165, 1.54) is 12.1 Å². The van der Waals surface area contributed by atoms with Crippen LogP contribution in [-0.4, -0.2) is 5.91 Å². The van der Waals surface area contributed by atoms with Crippen LogP contribution in [0.2, 0.25) is 5.02 Å². The van der Waals surface area contributed by atoms with Gasteiger partial charge in [-0.25, -0.2) is 4.39 Å². The third-order valence-electron chi connectivity index (χ3n) is 3.28. The van der Waals surface area contributed by atoms with Gasteiger partial charge in [-0.15, -0.1) is 0 Å². The van der Waals surface area contributed by atoms with Crippen LogP contribution in [0, 0.1) is 12.7 Å². The first-order chi connectivity index (χ1) is 9.88. The molecule has 0 aromatic heterocycles. The monoisotopic (exact) mass is 306 g/mol. The van der Waals surface area contributed by atoms with E-state index in [9.17, 15) is 9.18 Å². The molecule has 3 N–H and O–H groups in total. The smallest absolute Gasteiger partial charge is 0.253 e. The number of benzene rings is 2. The number of carbonyl (C=O) groups excluding carboxylic acids is 1. The molecule has 3 nitrogen and oxygen atoms in total.